The molecule has 7 nitrogen and oxygen atoms in total. The van der Waals surface area contributed by atoms with E-state index in [1.165, 1.54) is 18.2 Å². The van der Waals surface area contributed by atoms with E-state index in [1.54, 1.807) is 6.07 Å². The van der Waals surface area contributed by atoms with Crippen LogP contribution in [-0.2, 0) is 21.2 Å². The molecule has 0 radical (unpaired) electrons. The van der Waals surface area contributed by atoms with Gasteiger partial charge in [0.2, 0.25) is 21.8 Å². The van der Waals surface area contributed by atoms with Crippen molar-refractivity contribution in [3.63, 3.8) is 0 Å². The van der Waals surface area contributed by atoms with Crippen LogP contribution in [0.1, 0.15) is 39.3 Å². The van der Waals surface area contributed by atoms with Gasteiger partial charge in [0.15, 0.2) is 4.75 Å². The molecule has 0 atom stereocenters. The van der Waals surface area contributed by atoms with Gasteiger partial charge in [-0.2, -0.15) is 0 Å². The fraction of sp³-hybridized carbons (Fsp3) is 0.692. The number of nitrogens with one attached hydrogen (secondary N) is 1. The maximum absolute atomic E-state index is 12.4. The number of aromatic nitrogens is 1. The lowest BCUT2D eigenvalue weighted by atomic mass is 10.2. The zero-order valence-corrected chi connectivity index (χ0v) is 13.4. The molecule has 0 bridgehead atoms. The Balaban J connectivity index is 2.10. The first kappa shape index (κ1) is 16.0. The van der Waals surface area contributed by atoms with Crippen LogP contribution in [0.4, 0.5) is 5.88 Å². The average molecular weight is 315 g/mol. The molecule has 1 aliphatic rings. The molecule has 0 spiro atoms. The Labute approximate surface area is 124 Å². The lowest BCUT2D eigenvalue weighted by molar-refractivity contribution is -0.118. The standard InChI is InChI=1S/C13H21N3O4S/c1-4-6-10-9-11(20-15-10)14-12(17)13(2,3)21(18,19)16-7-5-8-16/h9H,4-8H2,1-3H3,(H,14,17). The molecule has 2 rings (SSSR count). The van der Waals surface area contributed by atoms with Crippen molar-refractivity contribution in [3.8, 4) is 0 Å². The van der Waals surface area contributed by atoms with Crippen LogP contribution in [0, 0.1) is 0 Å². The van der Waals surface area contributed by atoms with E-state index < -0.39 is 20.7 Å². The van der Waals surface area contributed by atoms with Crippen molar-refractivity contribution >= 4 is 21.8 Å². The molecule has 0 unspecified atom stereocenters. The summed E-state index contributed by atoms with van der Waals surface area (Å²) in [5.74, 6) is -0.441. The molecule has 1 N–H and O–H groups in total. The van der Waals surface area contributed by atoms with Gasteiger partial charge in [-0.1, -0.05) is 18.5 Å². The van der Waals surface area contributed by atoms with Gasteiger partial charge in [-0.15, -0.1) is 0 Å². The SMILES string of the molecule is CCCc1cc(NC(=O)C(C)(C)S(=O)(=O)N2CCC2)on1. The average Bonchev–Trinajstić information content (AvgIpc) is 2.73. The van der Waals surface area contributed by atoms with Crippen molar-refractivity contribution in [2.75, 3.05) is 18.4 Å². The summed E-state index contributed by atoms with van der Waals surface area (Å²) >= 11 is 0. The van der Waals surface area contributed by atoms with E-state index in [9.17, 15) is 13.2 Å². The van der Waals surface area contributed by atoms with Crippen molar-refractivity contribution in [2.24, 2.45) is 0 Å². The largest absolute Gasteiger partial charge is 0.338 e. The molecule has 0 aliphatic carbocycles. The highest BCUT2D eigenvalue weighted by atomic mass is 32.2. The predicted octanol–water partition coefficient (Wildman–Crippen LogP) is 1.38. The number of carbonyl (C=O) groups excluding carboxylic acids is 1. The number of anilines is 1. The Morgan fingerprint density at radius 1 is 1.48 bits per heavy atom. The lowest BCUT2D eigenvalue weighted by Gasteiger charge is -2.36. The predicted molar refractivity (Wildman–Crippen MR) is 78.3 cm³/mol. The minimum Gasteiger partial charge on any atom is -0.338 e. The van der Waals surface area contributed by atoms with E-state index in [-0.39, 0.29) is 5.88 Å². The van der Waals surface area contributed by atoms with Gasteiger partial charge in [-0.3, -0.25) is 10.1 Å². The highest BCUT2D eigenvalue weighted by Crippen LogP contribution is 2.27. The number of aryl methyl sites for hydroxylation is 1. The summed E-state index contributed by atoms with van der Waals surface area (Å²) in [7, 11) is -3.67. The number of carbonyl (C=O) groups is 1. The zero-order chi connectivity index (χ0) is 15.7. The van der Waals surface area contributed by atoms with Gasteiger partial charge in [0.05, 0.1) is 5.69 Å². The number of sulfonamides is 1. The highest BCUT2D eigenvalue weighted by Gasteiger charge is 2.47. The van der Waals surface area contributed by atoms with Crippen LogP contribution in [0.3, 0.4) is 0 Å². The second kappa shape index (κ2) is 5.76. The molecule has 0 saturated carbocycles. The molecule has 2 heterocycles. The molecular weight excluding hydrogens is 294 g/mol. The van der Waals surface area contributed by atoms with E-state index in [2.05, 4.69) is 10.5 Å². The Hall–Kier alpha value is -1.41. The molecule has 1 fully saturated rings. The first-order valence-electron chi connectivity index (χ1n) is 7.05. The van der Waals surface area contributed by atoms with Crippen molar-refractivity contribution in [3.05, 3.63) is 11.8 Å². The fourth-order valence-electron chi connectivity index (χ4n) is 1.97. The number of amides is 1. The minimum absolute atomic E-state index is 0.176. The van der Waals surface area contributed by atoms with Crippen LogP contribution >= 0.6 is 0 Å². The van der Waals surface area contributed by atoms with Gasteiger partial charge < -0.3 is 4.52 Å². The molecule has 1 saturated heterocycles. The minimum atomic E-state index is -3.67. The van der Waals surface area contributed by atoms with Gasteiger partial charge in [0.25, 0.3) is 0 Å². The molecule has 1 amide bonds. The normalized spacial score (nSPS) is 16.5. The first-order valence-corrected chi connectivity index (χ1v) is 8.49. The quantitative estimate of drug-likeness (QED) is 0.856. The van der Waals surface area contributed by atoms with E-state index in [0.717, 1.165) is 25.0 Å². The van der Waals surface area contributed by atoms with Crippen LogP contribution in [0.2, 0.25) is 0 Å². The van der Waals surface area contributed by atoms with E-state index in [1.807, 2.05) is 6.92 Å². The lowest BCUT2D eigenvalue weighted by Crippen LogP contribution is -2.55. The summed E-state index contributed by atoms with van der Waals surface area (Å²) in [6.45, 7) is 5.76. The number of hydrogen-bond acceptors (Lipinski definition) is 5. The third-order valence-corrected chi connectivity index (χ3v) is 6.17. The molecule has 1 aromatic heterocycles. The summed E-state index contributed by atoms with van der Waals surface area (Å²) in [5.41, 5.74) is 0.733. The third-order valence-electron chi connectivity index (χ3n) is 3.65. The Morgan fingerprint density at radius 3 is 2.67 bits per heavy atom. The van der Waals surface area contributed by atoms with E-state index in [0.29, 0.717) is 13.1 Å². The van der Waals surface area contributed by atoms with Crippen molar-refractivity contribution < 1.29 is 17.7 Å². The van der Waals surface area contributed by atoms with Crippen LogP contribution < -0.4 is 5.32 Å². The maximum atomic E-state index is 12.4. The summed E-state index contributed by atoms with van der Waals surface area (Å²) in [4.78, 5) is 12.3. The molecular formula is C13H21N3O4S. The molecule has 118 valence electrons. The topological polar surface area (TPSA) is 92.5 Å². The van der Waals surface area contributed by atoms with Gasteiger partial charge >= 0.3 is 0 Å². The smallest absolute Gasteiger partial charge is 0.249 e. The number of rotatable bonds is 6. The summed E-state index contributed by atoms with van der Waals surface area (Å²) in [5, 5.41) is 6.31. The van der Waals surface area contributed by atoms with E-state index >= 15 is 0 Å². The summed E-state index contributed by atoms with van der Waals surface area (Å²) in [6, 6.07) is 1.62. The first-order chi connectivity index (χ1) is 9.79. The number of hydrogen-bond donors (Lipinski definition) is 1. The fourth-order valence-corrected chi connectivity index (χ4v) is 3.64. The molecule has 21 heavy (non-hydrogen) atoms. The zero-order valence-electron chi connectivity index (χ0n) is 12.5. The highest BCUT2D eigenvalue weighted by molar-refractivity contribution is 7.91. The van der Waals surface area contributed by atoms with Gasteiger partial charge in [-0.25, -0.2) is 12.7 Å². The molecule has 1 aliphatic heterocycles. The van der Waals surface area contributed by atoms with Crippen LogP contribution in [0.15, 0.2) is 10.6 Å². The summed E-state index contributed by atoms with van der Waals surface area (Å²) < 4.78 is 29.6. The Bertz CT molecular complexity index is 617. The second-order valence-corrected chi connectivity index (χ2v) is 8.14. The number of nitrogens with zero attached hydrogens (tertiary/aromatic N) is 2. The second-order valence-electron chi connectivity index (χ2n) is 5.65. The van der Waals surface area contributed by atoms with Gasteiger partial charge in [0, 0.05) is 19.2 Å². The van der Waals surface area contributed by atoms with Crippen molar-refractivity contribution in [2.45, 2.75) is 44.8 Å². The molecule has 1 aromatic rings. The Kier molecular flexibility index (Phi) is 4.38. The monoisotopic (exact) mass is 315 g/mol. The van der Waals surface area contributed by atoms with Crippen LogP contribution in [0.5, 0.6) is 0 Å². The van der Waals surface area contributed by atoms with Crippen LogP contribution in [-0.4, -0.2) is 41.6 Å². The molecule has 8 heteroatoms. The van der Waals surface area contributed by atoms with Gasteiger partial charge in [0.1, 0.15) is 0 Å². The van der Waals surface area contributed by atoms with Crippen LogP contribution in [0.25, 0.3) is 0 Å². The van der Waals surface area contributed by atoms with Crippen molar-refractivity contribution in [1.82, 2.24) is 9.46 Å². The van der Waals surface area contributed by atoms with Gasteiger partial charge in [-0.05, 0) is 26.7 Å². The van der Waals surface area contributed by atoms with Crippen molar-refractivity contribution in [1.29, 1.82) is 0 Å². The third kappa shape index (κ3) is 2.96. The molecule has 0 aromatic carbocycles. The maximum Gasteiger partial charge on any atom is 0.249 e. The Morgan fingerprint density at radius 2 is 2.14 bits per heavy atom. The van der Waals surface area contributed by atoms with E-state index in [4.69, 9.17) is 4.52 Å². The summed E-state index contributed by atoms with van der Waals surface area (Å²) in [6.07, 6.45) is 2.49.